The van der Waals surface area contributed by atoms with Gasteiger partial charge in [0.1, 0.15) is 5.75 Å². The molecule has 1 heterocycles. The molecule has 0 atom stereocenters. The Labute approximate surface area is 89.8 Å². The van der Waals surface area contributed by atoms with Crippen molar-refractivity contribution in [1.29, 1.82) is 0 Å². The van der Waals surface area contributed by atoms with Crippen LogP contribution in [0.1, 0.15) is 11.1 Å². The summed E-state index contributed by atoms with van der Waals surface area (Å²) in [5.41, 5.74) is 1.91. The number of carboxylic acid groups (broad SMARTS) is 1. The second kappa shape index (κ2) is 3.61. The van der Waals surface area contributed by atoms with E-state index >= 15 is 0 Å². The number of fused-ring (bicyclic) bond motifs is 1. The highest BCUT2D eigenvalue weighted by molar-refractivity contribution is 9.10. The van der Waals surface area contributed by atoms with E-state index < -0.39 is 5.97 Å². The lowest BCUT2D eigenvalue weighted by molar-refractivity contribution is -0.136. The van der Waals surface area contributed by atoms with Crippen molar-refractivity contribution in [1.82, 2.24) is 0 Å². The normalized spacial score (nSPS) is 13.5. The zero-order valence-electron chi connectivity index (χ0n) is 7.42. The fraction of sp³-hybridized carbons (Fsp3) is 0.300. The Morgan fingerprint density at radius 2 is 2.36 bits per heavy atom. The predicted octanol–water partition coefficient (Wildman–Crippen LogP) is 2.01. The molecule has 0 amide bonds. The molecule has 1 aliphatic rings. The number of ether oxygens (including phenoxy) is 1. The lowest BCUT2D eigenvalue weighted by Crippen LogP contribution is -2.00. The third-order valence-corrected chi connectivity index (χ3v) is 2.74. The predicted molar refractivity (Wildman–Crippen MR) is 54.7 cm³/mol. The number of halogens is 1. The molecule has 0 unspecified atom stereocenters. The van der Waals surface area contributed by atoms with E-state index in [1.54, 1.807) is 6.07 Å². The van der Waals surface area contributed by atoms with Crippen LogP contribution in [0.2, 0.25) is 0 Å². The molecule has 0 fully saturated rings. The highest BCUT2D eigenvalue weighted by Crippen LogP contribution is 2.34. The van der Waals surface area contributed by atoms with Gasteiger partial charge in [0.05, 0.1) is 17.5 Å². The number of rotatable bonds is 2. The standard InChI is InChI=1S/C10H9BrO3/c11-8-4-6(5-9(12)13)3-7-1-2-14-10(7)8/h3-4H,1-2,5H2,(H,12,13). The largest absolute Gasteiger partial charge is 0.492 e. The zero-order valence-corrected chi connectivity index (χ0v) is 9.00. The first-order valence-corrected chi connectivity index (χ1v) is 5.12. The molecule has 0 bridgehead atoms. The summed E-state index contributed by atoms with van der Waals surface area (Å²) < 4.78 is 6.25. The molecule has 1 aliphatic heterocycles. The fourth-order valence-electron chi connectivity index (χ4n) is 1.60. The molecule has 3 nitrogen and oxygen atoms in total. The Bertz CT molecular complexity index is 387. The van der Waals surface area contributed by atoms with Gasteiger partial charge in [-0.15, -0.1) is 0 Å². The minimum Gasteiger partial charge on any atom is -0.492 e. The van der Waals surface area contributed by atoms with E-state index in [0.717, 1.165) is 27.8 Å². The molecule has 0 spiro atoms. The number of carboxylic acids is 1. The second-order valence-corrected chi connectivity index (χ2v) is 4.09. The van der Waals surface area contributed by atoms with Gasteiger partial charge in [-0.1, -0.05) is 6.07 Å². The van der Waals surface area contributed by atoms with Gasteiger partial charge in [0.15, 0.2) is 0 Å². The molecule has 0 aromatic heterocycles. The van der Waals surface area contributed by atoms with Crippen LogP contribution in [0.5, 0.6) is 5.75 Å². The van der Waals surface area contributed by atoms with E-state index in [0.29, 0.717) is 6.61 Å². The average Bonchev–Trinajstić information content (AvgIpc) is 2.50. The third kappa shape index (κ3) is 1.75. The number of hydrogen-bond donors (Lipinski definition) is 1. The molecule has 0 saturated carbocycles. The van der Waals surface area contributed by atoms with E-state index in [9.17, 15) is 4.79 Å². The van der Waals surface area contributed by atoms with E-state index in [-0.39, 0.29) is 6.42 Å². The maximum Gasteiger partial charge on any atom is 0.307 e. The highest BCUT2D eigenvalue weighted by atomic mass is 79.9. The summed E-state index contributed by atoms with van der Waals surface area (Å²) in [7, 11) is 0. The van der Waals surface area contributed by atoms with Gasteiger partial charge in [0.25, 0.3) is 0 Å². The van der Waals surface area contributed by atoms with Crippen LogP contribution in [0.3, 0.4) is 0 Å². The van der Waals surface area contributed by atoms with Gasteiger partial charge >= 0.3 is 5.97 Å². The van der Waals surface area contributed by atoms with Gasteiger partial charge in [-0.2, -0.15) is 0 Å². The number of carbonyl (C=O) groups is 1. The monoisotopic (exact) mass is 256 g/mol. The molecule has 1 aromatic rings. The second-order valence-electron chi connectivity index (χ2n) is 3.23. The van der Waals surface area contributed by atoms with E-state index in [2.05, 4.69) is 15.9 Å². The summed E-state index contributed by atoms with van der Waals surface area (Å²) in [6.45, 7) is 0.685. The first-order valence-electron chi connectivity index (χ1n) is 4.32. The first-order chi connectivity index (χ1) is 6.66. The summed E-state index contributed by atoms with van der Waals surface area (Å²) >= 11 is 3.37. The van der Waals surface area contributed by atoms with Crippen molar-refractivity contribution in [2.45, 2.75) is 12.8 Å². The minimum atomic E-state index is -0.809. The van der Waals surface area contributed by atoms with Crippen LogP contribution in [0.25, 0.3) is 0 Å². The molecular weight excluding hydrogens is 248 g/mol. The van der Waals surface area contributed by atoms with Crippen molar-refractivity contribution in [3.63, 3.8) is 0 Å². The molecular formula is C10H9BrO3. The van der Waals surface area contributed by atoms with Crippen molar-refractivity contribution in [3.8, 4) is 5.75 Å². The minimum absolute atomic E-state index is 0.0614. The molecule has 0 aliphatic carbocycles. The Hall–Kier alpha value is -1.03. The molecule has 1 N–H and O–H groups in total. The van der Waals surface area contributed by atoms with Crippen LogP contribution in [0.4, 0.5) is 0 Å². The third-order valence-electron chi connectivity index (χ3n) is 2.15. The Morgan fingerprint density at radius 3 is 3.07 bits per heavy atom. The van der Waals surface area contributed by atoms with Crippen LogP contribution in [-0.2, 0) is 17.6 Å². The number of benzene rings is 1. The van der Waals surface area contributed by atoms with Crippen LogP contribution in [0.15, 0.2) is 16.6 Å². The summed E-state index contributed by atoms with van der Waals surface area (Å²) in [5.74, 6) is 0.0508. The van der Waals surface area contributed by atoms with E-state index in [4.69, 9.17) is 9.84 Å². The first kappa shape index (κ1) is 9.52. The molecule has 2 rings (SSSR count). The number of aliphatic carboxylic acids is 1. The summed E-state index contributed by atoms with van der Waals surface area (Å²) in [4.78, 5) is 10.5. The maximum absolute atomic E-state index is 10.5. The van der Waals surface area contributed by atoms with Gasteiger partial charge in [-0.05, 0) is 33.1 Å². The van der Waals surface area contributed by atoms with Gasteiger partial charge in [-0.3, -0.25) is 4.79 Å². The molecule has 1 aromatic carbocycles. The molecule has 74 valence electrons. The van der Waals surface area contributed by atoms with Crippen molar-refractivity contribution in [2.24, 2.45) is 0 Å². The summed E-state index contributed by atoms with van der Waals surface area (Å²) in [6, 6.07) is 3.71. The lowest BCUT2D eigenvalue weighted by atomic mass is 10.1. The smallest absolute Gasteiger partial charge is 0.307 e. The topological polar surface area (TPSA) is 46.5 Å². The molecule has 4 heteroatoms. The van der Waals surface area contributed by atoms with Gasteiger partial charge < -0.3 is 9.84 Å². The van der Waals surface area contributed by atoms with Crippen LogP contribution in [0, 0.1) is 0 Å². The Morgan fingerprint density at radius 1 is 1.57 bits per heavy atom. The van der Waals surface area contributed by atoms with Gasteiger partial charge in [0, 0.05) is 6.42 Å². The SMILES string of the molecule is O=C(O)Cc1cc(Br)c2c(c1)CCO2. The molecule has 0 radical (unpaired) electrons. The maximum atomic E-state index is 10.5. The summed E-state index contributed by atoms with van der Waals surface area (Å²) in [6.07, 6.45) is 0.924. The van der Waals surface area contributed by atoms with E-state index in [1.807, 2.05) is 6.07 Å². The molecule has 14 heavy (non-hydrogen) atoms. The Kier molecular flexibility index (Phi) is 2.46. The van der Waals surface area contributed by atoms with Crippen molar-refractivity contribution < 1.29 is 14.6 Å². The van der Waals surface area contributed by atoms with Crippen molar-refractivity contribution in [3.05, 3.63) is 27.7 Å². The molecule has 0 saturated heterocycles. The van der Waals surface area contributed by atoms with Crippen LogP contribution in [-0.4, -0.2) is 17.7 Å². The van der Waals surface area contributed by atoms with Crippen LogP contribution < -0.4 is 4.74 Å². The number of hydrogen-bond acceptors (Lipinski definition) is 2. The fourth-order valence-corrected chi connectivity index (χ4v) is 2.26. The zero-order chi connectivity index (χ0) is 10.1. The summed E-state index contributed by atoms with van der Waals surface area (Å²) in [5, 5.41) is 8.66. The van der Waals surface area contributed by atoms with Gasteiger partial charge in [0.2, 0.25) is 0 Å². The van der Waals surface area contributed by atoms with Crippen molar-refractivity contribution in [2.75, 3.05) is 6.61 Å². The van der Waals surface area contributed by atoms with E-state index in [1.165, 1.54) is 0 Å². The lowest BCUT2D eigenvalue weighted by Gasteiger charge is -2.04. The van der Waals surface area contributed by atoms with Crippen LogP contribution >= 0.6 is 15.9 Å². The Balaban J connectivity index is 2.36. The highest BCUT2D eigenvalue weighted by Gasteiger charge is 2.17. The quantitative estimate of drug-likeness (QED) is 0.881. The van der Waals surface area contributed by atoms with Crippen molar-refractivity contribution >= 4 is 21.9 Å². The van der Waals surface area contributed by atoms with Gasteiger partial charge in [-0.25, -0.2) is 0 Å². The average molecular weight is 257 g/mol.